The number of ether oxygens (including phenoxy) is 1. The fourth-order valence-corrected chi connectivity index (χ4v) is 4.22. The average Bonchev–Trinajstić information content (AvgIpc) is 3.19. The molecule has 25 heavy (non-hydrogen) atoms. The molecule has 0 bridgehead atoms. The molecule has 0 saturated carbocycles. The van der Waals surface area contributed by atoms with Crippen LogP contribution in [0.5, 0.6) is 5.75 Å². The zero-order valence-corrected chi connectivity index (χ0v) is 14.8. The Morgan fingerprint density at radius 3 is 3.00 bits per heavy atom. The zero-order valence-electron chi connectivity index (χ0n) is 14.8. The molecule has 5 nitrogen and oxygen atoms in total. The van der Waals surface area contributed by atoms with E-state index < -0.39 is 0 Å². The molecule has 1 aromatic heterocycles. The second-order valence-electron chi connectivity index (χ2n) is 7.39. The van der Waals surface area contributed by atoms with Gasteiger partial charge in [-0.1, -0.05) is 0 Å². The van der Waals surface area contributed by atoms with E-state index in [2.05, 4.69) is 6.92 Å². The van der Waals surface area contributed by atoms with E-state index in [-0.39, 0.29) is 18.6 Å². The Labute approximate surface area is 148 Å². The van der Waals surface area contributed by atoms with Crippen LogP contribution >= 0.6 is 0 Å². The van der Waals surface area contributed by atoms with Crippen LogP contribution in [0.15, 0.2) is 22.6 Å². The summed E-state index contributed by atoms with van der Waals surface area (Å²) in [5, 5.41) is 1.14. The highest BCUT2D eigenvalue weighted by Crippen LogP contribution is 2.34. The van der Waals surface area contributed by atoms with E-state index in [1.165, 1.54) is 18.4 Å². The molecule has 1 aliphatic carbocycles. The third-order valence-corrected chi connectivity index (χ3v) is 5.60. The van der Waals surface area contributed by atoms with Gasteiger partial charge in [0.15, 0.2) is 6.61 Å². The van der Waals surface area contributed by atoms with E-state index >= 15 is 0 Å². The van der Waals surface area contributed by atoms with E-state index in [0.717, 1.165) is 48.3 Å². The van der Waals surface area contributed by atoms with Crippen LogP contribution in [0, 0.1) is 5.92 Å². The molecule has 134 valence electrons. The maximum Gasteiger partial charge on any atom is 0.260 e. The first-order chi connectivity index (χ1) is 12.2. The Morgan fingerprint density at radius 1 is 1.36 bits per heavy atom. The Balaban J connectivity index is 1.45. The molecule has 1 aromatic carbocycles. The van der Waals surface area contributed by atoms with Gasteiger partial charge in [-0.25, -0.2) is 0 Å². The summed E-state index contributed by atoms with van der Waals surface area (Å²) in [6, 6.07) is 6.11. The maximum atomic E-state index is 12.5. The van der Waals surface area contributed by atoms with Crippen molar-refractivity contribution in [2.24, 2.45) is 11.7 Å². The molecule has 1 saturated heterocycles. The van der Waals surface area contributed by atoms with E-state index in [9.17, 15) is 4.79 Å². The molecule has 2 aromatic rings. The molecular formula is C20H26N2O3. The fraction of sp³-hybridized carbons (Fsp3) is 0.550. The smallest absolute Gasteiger partial charge is 0.260 e. The molecule has 2 unspecified atom stereocenters. The first-order valence-corrected chi connectivity index (χ1v) is 9.32. The van der Waals surface area contributed by atoms with Crippen LogP contribution < -0.4 is 10.5 Å². The molecular weight excluding hydrogens is 316 g/mol. The number of rotatable bonds is 4. The van der Waals surface area contributed by atoms with E-state index in [4.69, 9.17) is 14.9 Å². The number of benzene rings is 1. The standard InChI is InChI=1S/C20H26N2O3/c1-13-8-14(10-21)11-22(13)20(23)12-24-15-6-7-19-17(9-15)16-4-2-3-5-18(16)25-19/h6-7,9,13-14H,2-5,8,10-12,21H2,1H3. The van der Waals surface area contributed by atoms with Crippen LogP contribution in [0.1, 0.15) is 37.5 Å². The molecule has 1 fully saturated rings. The number of aryl methyl sites for hydroxylation is 2. The highest BCUT2D eigenvalue weighted by Gasteiger charge is 2.31. The van der Waals surface area contributed by atoms with Gasteiger partial charge in [0, 0.05) is 30.0 Å². The number of hydrogen-bond acceptors (Lipinski definition) is 4. The Hall–Kier alpha value is -2.01. The second-order valence-corrected chi connectivity index (χ2v) is 7.39. The van der Waals surface area contributed by atoms with E-state index in [1.807, 2.05) is 23.1 Å². The largest absolute Gasteiger partial charge is 0.484 e. The zero-order chi connectivity index (χ0) is 17.4. The van der Waals surface area contributed by atoms with Crippen molar-refractivity contribution in [1.29, 1.82) is 0 Å². The van der Waals surface area contributed by atoms with Crippen molar-refractivity contribution >= 4 is 16.9 Å². The summed E-state index contributed by atoms with van der Waals surface area (Å²) >= 11 is 0. The number of amides is 1. The lowest BCUT2D eigenvalue weighted by Crippen LogP contribution is -2.37. The second kappa shape index (κ2) is 6.71. The van der Waals surface area contributed by atoms with Crippen LogP contribution in [0.4, 0.5) is 0 Å². The number of likely N-dealkylation sites (tertiary alicyclic amines) is 1. The lowest BCUT2D eigenvalue weighted by atomic mass is 9.96. The lowest BCUT2D eigenvalue weighted by Gasteiger charge is -2.21. The quantitative estimate of drug-likeness (QED) is 0.928. The summed E-state index contributed by atoms with van der Waals surface area (Å²) in [4.78, 5) is 14.4. The van der Waals surface area contributed by atoms with Crippen LogP contribution in [0.3, 0.4) is 0 Å². The van der Waals surface area contributed by atoms with Crippen molar-refractivity contribution in [2.75, 3.05) is 19.7 Å². The first kappa shape index (κ1) is 16.5. The minimum Gasteiger partial charge on any atom is -0.484 e. The fourth-order valence-electron chi connectivity index (χ4n) is 4.22. The lowest BCUT2D eigenvalue weighted by molar-refractivity contribution is -0.134. The topological polar surface area (TPSA) is 68.7 Å². The highest BCUT2D eigenvalue weighted by molar-refractivity contribution is 5.84. The summed E-state index contributed by atoms with van der Waals surface area (Å²) < 4.78 is 11.7. The van der Waals surface area contributed by atoms with Crippen molar-refractivity contribution in [3.8, 4) is 5.75 Å². The van der Waals surface area contributed by atoms with Gasteiger partial charge in [0.2, 0.25) is 0 Å². The van der Waals surface area contributed by atoms with E-state index in [1.54, 1.807) is 0 Å². The third kappa shape index (κ3) is 3.13. The monoisotopic (exact) mass is 342 g/mol. The summed E-state index contributed by atoms with van der Waals surface area (Å²) in [7, 11) is 0. The van der Waals surface area contributed by atoms with Crippen LogP contribution in [-0.2, 0) is 17.6 Å². The van der Waals surface area contributed by atoms with Gasteiger partial charge in [-0.15, -0.1) is 0 Å². The minimum atomic E-state index is 0.0396. The third-order valence-electron chi connectivity index (χ3n) is 5.60. The molecule has 0 spiro atoms. The Bertz CT molecular complexity index is 783. The number of carbonyl (C=O) groups excluding carboxylic acids is 1. The average molecular weight is 342 g/mol. The molecule has 2 heterocycles. The predicted octanol–water partition coefficient (Wildman–Crippen LogP) is 2.89. The van der Waals surface area contributed by atoms with Gasteiger partial charge in [-0.05, 0) is 63.3 Å². The van der Waals surface area contributed by atoms with Gasteiger partial charge in [0.1, 0.15) is 17.1 Å². The van der Waals surface area contributed by atoms with Gasteiger partial charge in [0.05, 0.1) is 0 Å². The summed E-state index contributed by atoms with van der Waals surface area (Å²) in [6.07, 6.45) is 5.47. The molecule has 2 N–H and O–H groups in total. The van der Waals surface area contributed by atoms with Crippen molar-refractivity contribution in [3.05, 3.63) is 29.5 Å². The van der Waals surface area contributed by atoms with Crippen LogP contribution in [0.2, 0.25) is 0 Å². The minimum absolute atomic E-state index is 0.0396. The number of nitrogens with zero attached hydrogens (tertiary/aromatic N) is 1. The van der Waals surface area contributed by atoms with Crippen LogP contribution in [0.25, 0.3) is 11.0 Å². The molecule has 4 rings (SSSR count). The number of fused-ring (bicyclic) bond motifs is 3. The van der Waals surface area contributed by atoms with Crippen molar-refractivity contribution < 1.29 is 13.9 Å². The molecule has 1 amide bonds. The summed E-state index contributed by atoms with van der Waals surface area (Å²) in [5.74, 6) is 2.30. The van der Waals surface area contributed by atoms with Crippen molar-refractivity contribution in [2.45, 2.75) is 45.1 Å². The van der Waals surface area contributed by atoms with Crippen molar-refractivity contribution in [1.82, 2.24) is 4.90 Å². The predicted molar refractivity (Wildman–Crippen MR) is 96.7 cm³/mol. The number of nitrogens with two attached hydrogens (primary N) is 1. The van der Waals surface area contributed by atoms with E-state index in [0.29, 0.717) is 12.5 Å². The van der Waals surface area contributed by atoms with Gasteiger partial charge in [0.25, 0.3) is 5.91 Å². The van der Waals surface area contributed by atoms with Gasteiger partial charge < -0.3 is 19.8 Å². The summed E-state index contributed by atoms with van der Waals surface area (Å²) in [5.41, 5.74) is 7.98. The van der Waals surface area contributed by atoms with Gasteiger partial charge in [-0.2, -0.15) is 0 Å². The Kier molecular flexibility index (Phi) is 4.42. The molecule has 1 aliphatic heterocycles. The first-order valence-electron chi connectivity index (χ1n) is 9.32. The molecule has 2 aliphatic rings. The van der Waals surface area contributed by atoms with Crippen molar-refractivity contribution in [3.63, 3.8) is 0 Å². The van der Waals surface area contributed by atoms with Crippen LogP contribution in [-0.4, -0.2) is 36.5 Å². The molecule has 2 atom stereocenters. The SMILES string of the molecule is CC1CC(CN)CN1C(=O)COc1ccc2oc3c(c2c1)CCCC3. The number of carbonyl (C=O) groups is 1. The van der Waals surface area contributed by atoms with Gasteiger partial charge in [-0.3, -0.25) is 4.79 Å². The van der Waals surface area contributed by atoms with Gasteiger partial charge >= 0.3 is 0 Å². The maximum absolute atomic E-state index is 12.5. The highest BCUT2D eigenvalue weighted by atomic mass is 16.5. The Morgan fingerprint density at radius 2 is 2.20 bits per heavy atom. The summed E-state index contributed by atoms with van der Waals surface area (Å²) in [6.45, 7) is 3.54. The normalized spacial score (nSPS) is 23.0. The molecule has 5 heteroatoms. The number of furan rings is 1. The number of hydrogen-bond donors (Lipinski definition) is 1. The molecule has 0 radical (unpaired) electrons.